The molecule has 0 saturated carbocycles. The quantitative estimate of drug-likeness (QED) is 0.872. The molecule has 1 aromatic rings. The van der Waals surface area contributed by atoms with Crippen LogP contribution in [0.1, 0.15) is 46.5 Å². The third-order valence-electron chi connectivity index (χ3n) is 3.81. The van der Waals surface area contributed by atoms with E-state index in [0.29, 0.717) is 23.9 Å². The zero-order valence-electron chi connectivity index (χ0n) is 12.6. The van der Waals surface area contributed by atoms with Crippen LogP contribution in [0.4, 0.5) is 11.9 Å². The van der Waals surface area contributed by atoms with Gasteiger partial charge in [-0.15, -0.1) is 0 Å². The normalized spacial score (nSPS) is 18.1. The first-order valence-electron chi connectivity index (χ1n) is 7.51. The summed E-state index contributed by atoms with van der Waals surface area (Å²) in [5.41, 5.74) is 0. The minimum atomic E-state index is 0.264. The maximum atomic E-state index is 6.02. The molecule has 1 aliphatic heterocycles. The average Bonchev–Trinajstić information content (AvgIpc) is 2.91. The van der Waals surface area contributed by atoms with E-state index in [0.717, 1.165) is 19.5 Å². The molecule has 0 radical (unpaired) electrons. The van der Waals surface area contributed by atoms with E-state index in [9.17, 15) is 0 Å². The number of nitrogens with one attached hydrogen (secondary N) is 1. The molecule has 0 aromatic carbocycles. The summed E-state index contributed by atoms with van der Waals surface area (Å²) in [4.78, 5) is 15.1. The highest BCUT2D eigenvalue weighted by Gasteiger charge is 2.17. The molecule has 0 amide bonds. The Labute approximate surface area is 126 Å². The molecule has 5 nitrogen and oxygen atoms in total. The standard InChI is InChI=1S/C14H24ClN5/c1-4-10(2)9-11(3)16-13-17-12(15)18-14(19-13)20-7-5-6-8-20/h10-11H,4-9H2,1-3H3,(H,16,17,18,19). The van der Waals surface area contributed by atoms with Crippen LogP contribution in [0.3, 0.4) is 0 Å². The van der Waals surface area contributed by atoms with Gasteiger partial charge in [0, 0.05) is 19.1 Å². The fourth-order valence-corrected chi connectivity index (χ4v) is 2.67. The highest BCUT2D eigenvalue weighted by molar-refractivity contribution is 6.28. The van der Waals surface area contributed by atoms with Crippen molar-refractivity contribution in [3.63, 3.8) is 0 Å². The monoisotopic (exact) mass is 297 g/mol. The lowest BCUT2D eigenvalue weighted by Crippen LogP contribution is -2.24. The summed E-state index contributed by atoms with van der Waals surface area (Å²) in [6, 6.07) is 0.329. The maximum Gasteiger partial charge on any atom is 0.231 e. The number of anilines is 2. The van der Waals surface area contributed by atoms with Crippen LogP contribution in [0.2, 0.25) is 5.28 Å². The second kappa shape index (κ2) is 7.07. The minimum Gasteiger partial charge on any atom is -0.352 e. The van der Waals surface area contributed by atoms with Crippen molar-refractivity contribution in [2.75, 3.05) is 23.3 Å². The molecule has 0 aliphatic carbocycles. The van der Waals surface area contributed by atoms with E-state index >= 15 is 0 Å². The molecule has 0 bridgehead atoms. The first-order chi connectivity index (χ1) is 9.58. The van der Waals surface area contributed by atoms with Gasteiger partial charge in [-0.05, 0) is 43.7 Å². The molecule has 2 atom stereocenters. The number of halogens is 1. The zero-order valence-corrected chi connectivity index (χ0v) is 13.3. The molecule has 2 heterocycles. The van der Waals surface area contributed by atoms with Crippen LogP contribution in [0.5, 0.6) is 0 Å². The van der Waals surface area contributed by atoms with Crippen LogP contribution in [0.15, 0.2) is 0 Å². The smallest absolute Gasteiger partial charge is 0.231 e. The lowest BCUT2D eigenvalue weighted by atomic mass is 10.0. The van der Waals surface area contributed by atoms with Crippen molar-refractivity contribution in [3.05, 3.63) is 5.28 Å². The molecule has 1 N–H and O–H groups in total. The highest BCUT2D eigenvalue weighted by Crippen LogP contribution is 2.19. The second-order valence-electron chi connectivity index (χ2n) is 5.72. The van der Waals surface area contributed by atoms with Gasteiger partial charge in [0.15, 0.2) is 0 Å². The van der Waals surface area contributed by atoms with Crippen LogP contribution in [-0.2, 0) is 0 Å². The van der Waals surface area contributed by atoms with Crippen molar-refractivity contribution in [2.45, 2.75) is 52.5 Å². The first kappa shape index (κ1) is 15.3. The molecule has 1 aliphatic rings. The highest BCUT2D eigenvalue weighted by atomic mass is 35.5. The third-order valence-corrected chi connectivity index (χ3v) is 3.98. The topological polar surface area (TPSA) is 53.9 Å². The zero-order chi connectivity index (χ0) is 14.5. The van der Waals surface area contributed by atoms with E-state index in [4.69, 9.17) is 11.6 Å². The molecule has 0 spiro atoms. The maximum absolute atomic E-state index is 6.02. The van der Waals surface area contributed by atoms with E-state index in [2.05, 4.69) is 45.9 Å². The fourth-order valence-electron chi connectivity index (χ4n) is 2.51. The van der Waals surface area contributed by atoms with Crippen molar-refractivity contribution >= 4 is 23.5 Å². The lowest BCUT2D eigenvalue weighted by Gasteiger charge is -2.19. The van der Waals surface area contributed by atoms with Crippen molar-refractivity contribution in [2.24, 2.45) is 5.92 Å². The van der Waals surface area contributed by atoms with E-state index in [1.807, 2.05) is 0 Å². The Morgan fingerprint density at radius 1 is 1.20 bits per heavy atom. The van der Waals surface area contributed by atoms with E-state index in [1.54, 1.807) is 0 Å². The Morgan fingerprint density at radius 3 is 2.55 bits per heavy atom. The van der Waals surface area contributed by atoms with Crippen molar-refractivity contribution in [1.29, 1.82) is 0 Å². The van der Waals surface area contributed by atoms with Crippen LogP contribution >= 0.6 is 11.6 Å². The van der Waals surface area contributed by atoms with Gasteiger partial charge >= 0.3 is 0 Å². The Hall–Kier alpha value is -1.10. The van der Waals surface area contributed by atoms with Crippen LogP contribution in [0.25, 0.3) is 0 Å². The number of nitrogens with zero attached hydrogens (tertiary/aromatic N) is 4. The first-order valence-corrected chi connectivity index (χ1v) is 7.89. The van der Waals surface area contributed by atoms with Gasteiger partial charge in [-0.3, -0.25) is 0 Å². The van der Waals surface area contributed by atoms with Crippen molar-refractivity contribution < 1.29 is 0 Å². The number of hydrogen-bond acceptors (Lipinski definition) is 5. The number of rotatable bonds is 6. The molecule has 1 saturated heterocycles. The minimum absolute atomic E-state index is 0.264. The third kappa shape index (κ3) is 4.20. The lowest BCUT2D eigenvalue weighted by molar-refractivity contribution is 0.482. The summed E-state index contributed by atoms with van der Waals surface area (Å²) in [5, 5.41) is 3.60. The summed E-state index contributed by atoms with van der Waals surface area (Å²) in [6.45, 7) is 8.63. The molecule has 6 heteroatoms. The summed E-state index contributed by atoms with van der Waals surface area (Å²) in [7, 11) is 0. The molecular weight excluding hydrogens is 274 g/mol. The molecule has 1 aromatic heterocycles. The Morgan fingerprint density at radius 2 is 1.90 bits per heavy atom. The van der Waals surface area contributed by atoms with E-state index < -0.39 is 0 Å². The van der Waals surface area contributed by atoms with Gasteiger partial charge in [0.05, 0.1) is 0 Å². The Bertz CT molecular complexity index is 434. The van der Waals surface area contributed by atoms with Gasteiger partial charge in [0.1, 0.15) is 0 Å². The molecule has 20 heavy (non-hydrogen) atoms. The molecular formula is C14H24ClN5. The van der Waals surface area contributed by atoms with E-state index in [1.165, 1.54) is 19.3 Å². The van der Waals surface area contributed by atoms with Crippen LogP contribution in [0, 0.1) is 5.92 Å². The Balaban J connectivity index is 2.03. The Kier molecular flexibility index (Phi) is 5.40. The molecule has 2 unspecified atom stereocenters. The molecule has 112 valence electrons. The van der Waals surface area contributed by atoms with Gasteiger partial charge in [0.25, 0.3) is 0 Å². The number of aromatic nitrogens is 3. The summed E-state index contributed by atoms with van der Waals surface area (Å²) in [5.74, 6) is 1.97. The second-order valence-corrected chi connectivity index (χ2v) is 6.05. The summed E-state index contributed by atoms with van der Waals surface area (Å²) in [6.07, 6.45) is 4.66. The summed E-state index contributed by atoms with van der Waals surface area (Å²) < 4.78 is 0. The number of hydrogen-bond donors (Lipinski definition) is 1. The molecule has 2 rings (SSSR count). The molecule has 1 fully saturated rings. The SMILES string of the molecule is CCC(C)CC(C)Nc1nc(Cl)nc(N2CCCC2)n1. The van der Waals surface area contributed by atoms with Crippen LogP contribution < -0.4 is 10.2 Å². The van der Waals surface area contributed by atoms with Gasteiger partial charge in [-0.1, -0.05) is 20.3 Å². The predicted octanol–water partition coefficient (Wildman–Crippen LogP) is 3.36. The average molecular weight is 298 g/mol. The van der Waals surface area contributed by atoms with E-state index in [-0.39, 0.29) is 5.28 Å². The van der Waals surface area contributed by atoms with Crippen molar-refractivity contribution in [3.8, 4) is 0 Å². The fraction of sp³-hybridized carbons (Fsp3) is 0.786. The van der Waals surface area contributed by atoms with Gasteiger partial charge in [0.2, 0.25) is 17.2 Å². The van der Waals surface area contributed by atoms with Gasteiger partial charge in [-0.25, -0.2) is 0 Å². The predicted molar refractivity (Wildman–Crippen MR) is 83.4 cm³/mol. The van der Waals surface area contributed by atoms with Crippen molar-refractivity contribution in [1.82, 2.24) is 15.0 Å². The van der Waals surface area contributed by atoms with Crippen LogP contribution in [-0.4, -0.2) is 34.1 Å². The van der Waals surface area contributed by atoms with Gasteiger partial charge < -0.3 is 10.2 Å². The summed E-state index contributed by atoms with van der Waals surface area (Å²) >= 11 is 6.02. The largest absolute Gasteiger partial charge is 0.352 e. The van der Waals surface area contributed by atoms with Gasteiger partial charge in [-0.2, -0.15) is 15.0 Å².